The summed E-state index contributed by atoms with van der Waals surface area (Å²) in [5.41, 5.74) is -0.605. The summed E-state index contributed by atoms with van der Waals surface area (Å²) in [5.74, 6) is 2.90. The number of imidazole rings is 1. The maximum atomic E-state index is 13.1. The fraction of sp³-hybridized carbons (Fsp3) is 0.731. The van der Waals surface area contributed by atoms with Crippen LogP contribution in [0.2, 0.25) is 0 Å². The summed E-state index contributed by atoms with van der Waals surface area (Å²) in [5, 5.41) is 0. The van der Waals surface area contributed by atoms with Crippen molar-refractivity contribution in [3.8, 4) is 12.3 Å². The summed E-state index contributed by atoms with van der Waals surface area (Å²) in [6.07, 6.45) is 14.1. The van der Waals surface area contributed by atoms with Gasteiger partial charge in [-0.3, -0.25) is 0 Å². The highest BCUT2D eigenvalue weighted by Crippen LogP contribution is 2.22. The van der Waals surface area contributed by atoms with Gasteiger partial charge in [0, 0.05) is 19.2 Å². The third-order valence-electron chi connectivity index (χ3n) is 4.67. The lowest BCUT2D eigenvalue weighted by Crippen LogP contribution is -2.40. The van der Waals surface area contributed by atoms with Gasteiger partial charge in [-0.05, 0) is 67.2 Å². The predicted octanol–water partition coefficient (Wildman–Crippen LogP) is 6.72. The molecule has 0 saturated heterocycles. The van der Waals surface area contributed by atoms with Crippen LogP contribution in [0.1, 0.15) is 106 Å². The lowest BCUT2D eigenvalue weighted by molar-refractivity contribution is 0.0531. The van der Waals surface area contributed by atoms with Gasteiger partial charge in [0.15, 0.2) is 0 Å². The molecule has 0 aliphatic carbocycles. The molecule has 0 atom stereocenters. The van der Waals surface area contributed by atoms with Crippen molar-refractivity contribution in [2.45, 2.75) is 117 Å². The molecule has 0 bridgehead atoms. The Morgan fingerprint density at radius 1 is 1.00 bits per heavy atom. The Kier molecular flexibility index (Phi) is 11.5. The Morgan fingerprint density at radius 3 is 2.21 bits per heavy atom. The fourth-order valence-electron chi connectivity index (χ4n) is 3.17. The number of carbonyl (C=O) groups is 2. The van der Waals surface area contributed by atoms with Crippen molar-refractivity contribution in [3.63, 3.8) is 0 Å². The highest BCUT2D eigenvalue weighted by Gasteiger charge is 2.30. The van der Waals surface area contributed by atoms with Crippen LogP contribution in [-0.4, -0.2) is 39.5 Å². The average molecular weight is 462 g/mol. The largest absolute Gasteiger partial charge is 0.443 e. The summed E-state index contributed by atoms with van der Waals surface area (Å²) in [4.78, 5) is 32.2. The Morgan fingerprint density at radius 2 is 1.64 bits per heavy atom. The molecular formula is C26H43N3O4. The van der Waals surface area contributed by atoms with E-state index in [2.05, 4.69) is 17.8 Å². The van der Waals surface area contributed by atoms with E-state index in [1.54, 1.807) is 6.20 Å². The van der Waals surface area contributed by atoms with Crippen LogP contribution in [0.15, 0.2) is 6.20 Å². The zero-order chi connectivity index (χ0) is 25.1. The highest BCUT2D eigenvalue weighted by molar-refractivity contribution is 5.88. The van der Waals surface area contributed by atoms with Crippen LogP contribution in [0.5, 0.6) is 0 Å². The second kappa shape index (κ2) is 13.3. The zero-order valence-electron chi connectivity index (χ0n) is 21.7. The second-order valence-electron chi connectivity index (χ2n) is 10.3. The number of aromatic nitrogens is 2. The molecule has 0 aliphatic rings. The molecule has 7 heteroatoms. The van der Waals surface area contributed by atoms with Gasteiger partial charge in [0.1, 0.15) is 11.2 Å². The Balaban J connectivity index is 3.24. The van der Waals surface area contributed by atoms with E-state index in [0.29, 0.717) is 13.0 Å². The van der Waals surface area contributed by atoms with Gasteiger partial charge < -0.3 is 9.47 Å². The standard InChI is InChI=1S/C26H43N3O4/c1-9-11-13-15-16-18-21-20-29(24(31)33-26(6,7)8)22(27-21)28(19-17-14-12-10-2)23(30)32-25(3,4)5/h1,20H,10-19H2,2-8H3. The number of aryl methyl sites for hydroxylation is 1. The molecule has 0 aliphatic heterocycles. The van der Waals surface area contributed by atoms with Crippen LogP contribution in [0.25, 0.3) is 0 Å². The van der Waals surface area contributed by atoms with Crippen LogP contribution >= 0.6 is 0 Å². The molecule has 33 heavy (non-hydrogen) atoms. The highest BCUT2D eigenvalue weighted by atomic mass is 16.6. The van der Waals surface area contributed by atoms with Crippen LogP contribution in [0.3, 0.4) is 0 Å². The molecule has 0 saturated carbocycles. The molecule has 0 aromatic carbocycles. The van der Waals surface area contributed by atoms with Crippen molar-refractivity contribution in [2.24, 2.45) is 0 Å². The molecule has 0 fully saturated rings. The number of rotatable bonds is 11. The lowest BCUT2D eigenvalue weighted by atomic mass is 10.1. The molecule has 1 rings (SSSR count). The first kappa shape index (κ1) is 28.5. The van der Waals surface area contributed by atoms with Gasteiger partial charge in [-0.2, -0.15) is 0 Å². The summed E-state index contributed by atoms with van der Waals surface area (Å²) < 4.78 is 12.6. The third-order valence-corrected chi connectivity index (χ3v) is 4.67. The van der Waals surface area contributed by atoms with Gasteiger partial charge in [0.25, 0.3) is 0 Å². The van der Waals surface area contributed by atoms with Crippen molar-refractivity contribution in [3.05, 3.63) is 11.9 Å². The first-order valence-corrected chi connectivity index (χ1v) is 12.1. The van der Waals surface area contributed by atoms with E-state index in [9.17, 15) is 9.59 Å². The van der Waals surface area contributed by atoms with Gasteiger partial charge in [0.2, 0.25) is 5.95 Å². The topological polar surface area (TPSA) is 73.7 Å². The van der Waals surface area contributed by atoms with Gasteiger partial charge in [0.05, 0.1) is 5.69 Å². The molecule has 1 aromatic heterocycles. The number of carbonyl (C=O) groups excluding carboxylic acids is 2. The van der Waals surface area contributed by atoms with Gasteiger partial charge in [-0.15, -0.1) is 12.3 Å². The van der Waals surface area contributed by atoms with Crippen molar-refractivity contribution < 1.29 is 19.1 Å². The normalized spacial score (nSPS) is 11.7. The SMILES string of the molecule is C#CCCCCCc1cn(C(=O)OC(C)(C)C)c(N(CCCCCC)C(=O)OC(C)(C)C)n1. The van der Waals surface area contributed by atoms with E-state index in [1.165, 1.54) is 9.47 Å². The minimum Gasteiger partial charge on any atom is -0.443 e. The maximum Gasteiger partial charge on any atom is 0.421 e. The number of ether oxygens (including phenoxy) is 2. The monoisotopic (exact) mass is 461 g/mol. The number of terminal acetylenes is 1. The third kappa shape index (κ3) is 11.3. The fourth-order valence-corrected chi connectivity index (χ4v) is 3.17. The first-order chi connectivity index (χ1) is 15.4. The van der Waals surface area contributed by atoms with Crippen LogP contribution in [-0.2, 0) is 15.9 Å². The molecule has 1 aromatic rings. The van der Waals surface area contributed by atoms with Gasteiger partial charge in [-0.25, -0.2) is 24.0 Å². The molecule has 1 heterocycles. The van der Waals surface area contributed by atoms with Gasteiger partial charge in [-0.1, -0.05) is 32.6 Å². The maximum absolute atomic E-state index is 13.1. The number of amides is 1. The van der Waals surface area contributed by atoms with Gasteiger partial charge >= 0.3 is 12.2 Å². The number of hydrogen-bond donors (Lipinski definition) is 0. The number of hydrogen-bond acceptors (Lipinski definition) is 5. The summed E-state index contributed by atoms with van der Waals surface area (Å²) in [7, 11) is 0. The molecular weight excluding hydrogens is 418 g/mol. The summed E-state index contributed by atoms with van der Waals surface area (Å²) in [6.45, 7) is 13.4. The number of unbranched alkanes of at least 4 members (excludes halogenated alkanes) is 6. The summed E-state index contributed by atoms with van der Waals surface area (Å²) >= 11 is 0. The Labute approximate surface area is 200 Å². The van der Waals surface area contributed by atoms with Crippen molar-refractivity contribution in [1.82, 2.24) is 9.55 Å². The molecule has 1 amide bonds. The van der Waals surface area contributed by atoms with E-state index in [0.717, 1.165) is 57.1 Å². The molecule has 0 spiro atoms. The van der Waals surface area contributed by atoms with E-state index < -0.39 is 23.4 Å². The van der Waals surface area contributed by atoms with E-state index >= 15 is 0 Å². The average Bonchev–Trinajstić information content (AvgIpc) is 3.09. The van der Waals surface area contributed by atoms with E-state index in [4.69, 9.17) is 15.9 Å². The van der Waals surface area contributed by atoms with Crippen LogP contribution in [0, 0.1) is 12.3 Å². The van der Waals surface area contributed by atoms with Crippen LogP contribution in [0.4, 0.5) is 15.5 Å². The van der Waals surface area contributed by atoms with Crippen LogP contribution < -0.4 is 4.90 Å². The quantitative estimate of drug-likeness (QED) is 0.270. The van der Waals surface area contributed by atoms with E-state index in [1.807, 2.05) is 41.5 Å². The molecule has 0 N–H and O–H groups in total. The van der Waals surface area contributed by atoms with Crippen molar-refractivity contribution in [1.29, 1.82) is 0 Å². The molecule has 7 nitrogen and oxygen atoms in total. The second-order valence-corrected chi connectivity index (χ2v) is 10.3. The predicted molar refractivity (Wildman–Crippen MR) is 133 cm³/mol. The van der Waals surface area contributed by atoms with Crippen molar-refractivity contribution >= 4 is 18.1 Å². The smallest absolute Gasteiger partial charge is 0.421 e. The first-order valence-electron chi connectivity index (χ1n) is 12.1. The minimum absolute atomic E-state index is 0.244. The molecule has 0 unspecified atom stereocenters. The van der Waals surface area contributed by atoms with Crippen molar-refractivity contribution in [2.75, 3.05) is 11.4 Å². The molecule has 186 valence electrons. The summed E-state index contributed by atoms with van der Waals surface area (Å²) in [6, 6.07) is 0. The Bertz CT molecular complexity index is 794. The van der Waals surface area contributed by atoms with E-state index in [-0.39, 0.29) is 5.95 Å². The Hall–Kier alpha value is -2.49. The minimum atomic E-state index is -0.675. The number of anilines is 1. The number of nitrogens with zero attached hydrogens (tertiary/aromatic N) is 3. The zero-order valence-corrected chi connectivity index (χ0v) is 21.7. The molecule has 0 radical (unpaired) electrons. The lowest BCUT2D eigenvalue weighted by Gasteiger charge is -2.27.